The fraction of sp³-hybridized carbons (Fsp3) is 0.182. The van der Waals surface area contributed by atoms with E-state index in [9.17, 15) is 14.4 Å². The number of nitrogens with zero attached hydrogens (tertiary/aromatic N) is 4. The van der Waals surface area contributed by atoms with Crippen LogP contribution in [-0.2, 0) is 16.1 Å². The number of para-hydroxylation sites is 1. The van der Waals surface area contributed by atoms with E-state index in [1.54, 1.807) is 12.1 Å². The second kappa shape index (κ2) is 9.65. The Kier molecular flexibility index (Phi) is 6.50. The van der Waals surface area contributed by atoms with E-state index in [0.717, 1.165) is 28.6 Å². The summed E-state index contributed by atoms with van der Waals surface area (Å²) in [6.45, 7) is 2.31. The third kappa shape index (κ3) is 4.93. The van der Waals surface area contributed by atoms with Crippen LogP contribution < -0.4 is 10.6 Å². The van der Waals surface area contributed by atoms with Crippen molar-refractivity contribution in [3.05, 3.63) is 54.1 Å². The molecule has 2 amide bonds. The van der Waals surface area contributed by atoms with Crippen LogP contribution in [0.1, 0.15) is 17.3 Å². The Hall–Kier alpha value is -3.99. The maximum absolute atomic E-state index is 12.4. The summed E-state index contributed by atoms with van der Waals surface area (Å²) in [6, 6.07) is 14.1. The molecule has 2 aromatic heterocycles. The van der Waals surface area contributed by atoms with Crippen LogP contribution in [-0.4, -0.2) is 54.9 Å². The van der Waals surface area contributed by atoms with Gasteiger partial charge < -0.3 is 20.3 Å². The molecule has 0 saturated carbocycles. The number of carboxylic acid groups (broad SMARTS) is 1. The van der Waals surface area contributed by atoms with Gasteiger partial charge in [0.05, 0.1) is 11.3 Å². The molecule has 0 aliphatic heterocycles. The first-order valence-corrected chi connectivity index (χ1v) is 11.1. The van der Waals surface area contributed by atoms with Crippen LogP contribution >= 0.6 is 11.8 Å². The summed E-state index contributed by atoms with van der Waals surface area (Å²) in [5, 5.41) is 23.5. The molecule has 0 radical (unpaired) electrons. The molecule has 2 aromatic carbocycles. The second-order valence-corrected chi connectivity index (χ2v) is 7.96. The topological polar surface area (TPSA) is 139 Å². The molecular formula is C22H20N6O4S. The van der Waals surface area contributed by atoms with Gasteiger partial charge >= 0.3 is 5.97 Å². The summed E-state index contributed by atoms with van der Waals surface area (Å²) in [6.07, 6.45) is 0. The number of hydrogen-bond donors (Lipinski definition) is 3. The van der Waals surface area contributed by atoms with Gasteiger partial charge in [-0.1, -0.05) is 30.0 Å². The Morgan fingerprint density at radius 2 is 1.82 bits per heavy atom. The van der Waals surface area contributed by atoms with Crippen molar-refractivity contribution in [1.82, 2.24) is 25.1 Å². The number of fused-ring (bicyclic) bond motifs is 3. The highest BCUT2D eigenvalue weighted by Gasteiger charge is 2.15. The molecule has 2 heterocycles. The SMILES string of the molecule is CCn1c2ccccc2c2nnc(SCC(=O)Nc3ccc(C(=O)NCC(=O)O)cc3)nc21. The van der Waals surface area contributed by atoms with Gasteiger partial charge in [0, 0.05) is 23.2 Å². The molecule has 0 atom stereocenters. The molecule has 0 spiro atoms. The van der Waals surface area contributed by atoms with Crippen molar-refractivity contribution in [2.45, 2.75) is 18.6 Å². The standard InChI is InChI=1S/C22H20N6O4S/c1-2-28-16-6-4-3-5-15(16)19-20(28)25-22(27-26-19)33-12-17(29)24-14-9-7-13(8-10-14)21(32)23-11-18(30)31/h3-10H,2,11-12H2,1H3,(H,23,32)(H,24,29)(H,30,31). The Morgan fingerprint density at radius 1 is 1.06 bits per heavy atom. The van der Waals surface area contributed by atoms with Gasteiger partial charge in [0.2, 0.25) is 11.1 Å². The maximum atomic E-state index is 12.4. The average Bonchev–Trinajstić information content (AvgIpc) is 3.14. The second-order valence-electron chi connectivity index (χ2n) is 7.02. The van der Waals surface area contributed by atoms with Crippen molar-refractivity contribution in [3.8, 4) is 0 Å². The molecule has 11 heteroatoms. The first-order chi connectivity index (χ1) is 16.0. The minimum absolute atomic E-state index is 0.0837. The highest BCUT2D eigenvalue weighted by molar-refractivity contribution is 7.99. The Labute approximate surface area is 192 Å². The minimum Gasteiger partial charge on any atom is -0.480 e. The number of carbonyl (C=O) groups is 3. The number of benzene rings is 2. The van der Waals surface area contributed by atoms with Crippen molar-refractivity contribution in [1.29, 1.82) is 0 Å². The molecule has 0 saturated heterocycles. The van der Waals surface area contributed by atoms with E-state index in [1.807, 2.05) is 31.2 Å². The number of aryl methyl sites for hydroxylation is 1. The fourth-order valence-electron chi connectivity index (χ4n) is 3.36. The number of amides is 2. The molecule has 10 nitrogen and oxygen atoms in total. The zero-order valence-electron chi connectivity index (χ0n) is 17.6. The highest BCUT2D eigenvalue weighted by Crippen LogP contribution is 2.27. The van der Waals surface area contributed by atoms with E-state index in [0.29, 0.717) is 16.4 Å². The van der Waals surface area contributed by atoms with Crippen molar-refractivity contribution in [2.75, 3.05) is 17.6 Å². The predicted molar refractivity (Wildman–Crippen MR) is 124 cm³/mol. The van der Waals surface area contributed by atoms with Gasteiger partial charge in [-0.3, -0.25) is 14.4 Å². The summed E-state index contributed by atoms with van der Waals surface area (Å²) >= 11 is 1.18. The average molecular weight is 465 g/mol. The van der Waals surface area contributed by atoms with Crippen molar-refractivity contribution in [2.24, 2.45) is 0 Å². The van der Waals surface area contributed by atoms with Crippen LogP contribution in [0.2, 0.25) is 0 Å². The van der Waals surface area contributed by atoms with Gasteiger partial charge in [0.15, 0.2) is 5.65 Å². The van der Waals surface area contributed by atoms with Crippen LogP contribution in [0.25, 0.3) is 22.1 Å². The van der Waals surface area contributed by atoms with Crippen LogP contribution in [0.4, 0.5) is 5.69 Å². The van der Waals surface area contributed by atoms with Crippen LogP contribution in [0, 0.1) is 0 Å². The number of nitrogens with one attached hydrogen (secondary N) is 2. The minimum atomic E-state index is -1.13. The summed E-state index contributed by atoms with van der Waals surface area (Å²) in [7, 11) is 0. The number of thioether (sulfide) groups is 1. The molecular weight excluding hydrogens is 444 g/mol. The Balaban J connectivity index is 1.39. The number of aromatic nitrogens is 4. The van der Waals surface area contributed by atoms with Gasteiger partial charge in [-0.05, 0) is 37.3 Å². The number of aliphatic carboxylic acids is 1. The van der Waals surface area contributed by atoms with E-state index < -0.39 is 18.4 Å². The third-order valence-corrected chi connectivity index (χ3v) is 5.67. The van der Waals surface area contributed by atoms with Crippen molar-refractivity contribution >= 4 is 57.3 Å². The quantitative estimate of drug-likeness (QED) is 0.338. The van der Waals surface area contributed by atoms with E-state index in [4.69, 9.17) is 5.11 Å². The lowest BCUT2D eigenvalue weighted by molar-refractivity contribution is -0.135. The Morgan fingerprint density at radius 3 is 2.55 bits per heavy atom. The molecule has 3 N–H and O–H groups in total. The number of carboxylic acids is 1. The monoisotopic (exact) mass is 464 g/mol. The molecule has 168 valence electrons. The lowest BCUT2D eigenvalue weighted by atomic mass is 10.2. The van der Waals surface area contributed by atoms with Crippen LogP contribution in [0.5, 0.6) is 0 Å². The van der Waals surface area contributed by atoms with Crippen molar-refractivity contribution < 1.29 is 19.5 Å². The van der Waals surface area contributed by atoms with Gasteiger partial charge in [-0.25, -0.2) is 4.98 Å². The maximum Gasteiger partial charge on any atom is 0.322 e. The molecule has 33 heavy (non-hydrogen) atoms. The molecule has 0 unspecified atom stereocenters. The van der Waals surface area contributed by atoms with E-state index in [1.165, 1.54) is 23.9 Å². The summed E-state index contributed by atoms with van der Waals surface area (Å²) in [5.41, 5.74) is 3.30. The van der Waals surface area contributed by atoms with Crippen LogP contribution in [0.15, 0.2) is 53.7 Å². The number of rotatable bonds is 8. The molecule has 0 fully saturated rings. The smallest absolute Gasteiger partial charge is 0.322 e. The molecule has 4 rings (SSSR count). The summed E-state index contributed by atoms with van der Waals surface area (Å²) in [5.74, 6) is -1.81. The molecule has 0 aliphatic rings. The lowest BCUT2D eigenvalue weighted by Gasteiger charge is -2.07. The number of hydrogen-bond acceptors (Lipinski definition) is 7. The summed E-state index contributed by atoms with van der Waals surface area (Å²) in [4.78, 5) is 39.3. The summed E-state index contributed by atoms with van der Waals surface area (Å²) < 4.78 is 2.07. The first-order valence-electron chi connectivity index (χ1n) is 10.1. The van der Waals surface area contributed by atoms with Crippen molar-refractivity contribution in [3.63, 3.8) is 0 Å². The zero-order valence-corrected chi connectivity index (χ0v) is 18.4. The molecule has 4 aromatic rings. The fourth-order valence-corrected chi connectivity index (χ4v) is 3.94. The zero-order chi connectivity index (χ0) is 23.4. The van der Waals surface area contributed by atoms with E-state index >= 15 is 0 Å². The number of carbonyl (C=O) groups excluding carboxylic acids is 2. The predicted octanol–water partition coefficient (Wildman–Crippen LogP) is 2.54. The number of anilines is 1. The lowest BCUT2D eigenvalue weighted by Crippen LogP contribution is -2.29. The highest BCUT2D eigenvalue weighted by atomic mass is 32.2. The molecule has 0 bridgehead atoms. The van der Waals surface area contributed by atoms with E-state index in [2.05, 4.69) is 30.4 Å². The van der Waals surface area contributed by atoms with Gasteiger partial charge in [-0.2, -0.15) is 0 Å². The van der Waals surface area contributed by atoms with E-state index in [-0.39, 0.29) is 11.7 Å². The van der Waals surface area contributed by atoms with Crippen LogP contribution in [0.3, 0.4) is 0 Å². The Bertz CT molecular complexity index is 1350. The normalized spacial score (nSPS) is 10.9. The largest absolute Gasteiger partial charge is 0.480 e. The molecule has 0 aliphatic carbocycles. The third-order valence-electron chi connectivity index (χ3n) is 4.83. The first kappa shape index (κ1) is 22.2. The van der Waals surface area contributed by atoms with Gasteiger partial charge in [0.25, 0.3) is 5.91 Å². The van der Waals surface area contributed by atoms with Gasteiger partial charge in [0.1, 0.15) is 12.1 Å². The van der Waals surface area contributed by atoms with Gasteiger partial charge in [-0.15, -0.1) is 10.2 Å².